The Morgan fingerprint density at radius 2 is 2.20 bits per heavy atom. The third kappa shape index (κ3) is 1.85. The van der Waals surface area contributed by atoms with Gasteiger partial charge in [-0.3, -0.25) is 4.90 Å². The average Bonchev–Trinajstić information content (AvgIpc) is 2.15. The van der Waals surface area contributed by atoms with Gasteiger partial charge in [0.25, 0.3) is 0 Å². The monoisotopic (exact) mass is 254 g/mol. The molecule has 60 valence electrons. The first kappa shape index (κ1) is 10.2. The number of hydrogen-bond donors (Lipinski definition) is 1. The van der Waals surface area contributed by atoms with E-state index in [0.29, 0.717) is 6.17 Å². The van der Waals surface area contributed by atoms with Crippen molar-refractivity contribution >= 4 is 0 Å². The van der Waals surface area contributed by atoms with Gasteiger partial charge >= 0.3 is 0 Å². The van der Waals surface area contributed by atoms with Crippen LogP contribution in [0.25, 0.3) is 0 Å². The fourth-order valence-corrected chi connectivity index (χ4v) is 1.12. The van der Waals surface area contributed by atoms with Crippen LogP contribution in [0.5, 0.6) is 0 Å². The molecule has 1 heterocycles. The van der Waals surface area contributed by atoms with Crippen LogP contribution in [0.3, 0.4) is 0 Å². The molecule has 2 atom stereocenters. The molecule has 2 unspecified atom stereocenters. The van der Waals surface area contributed by atoms with Crippen molar-refractivity contribution in [3.63, 3.8) is 0 Å². The fourth-order valence-electron chi connectivity index (χ4n) is 1.12. The Bertz CT molecular complexity index is 125. The highest BCUT2D eigenvalue weighted by Crippen LogP contribution is 1.96. The number of hydrogen-bond acceptors (Lipinski definition) is 1. The zero-order valence-electron chi connectivity index (χ0n) is 6.76. The number of halogens is 1. The summed E-state index contributed by atoms with van der Waals surface area (Å²) in [7, 11) is 2.18. The van der Waals surface area contributed by atoms with E-state index < -0.39 is 0 Å². The number of nitrogens with one attached hydrogen (secondary N) is 1. The second kappa shape index (κ2) is 4.18. The Kier molecular flexibility index (Phi) is 4.28. The highest BCUT2D eigenvalue weighted by Gasteiger charge is 2.20. The van der Waals surface area contributed by atoms with Gasteiger partial charge in [-0.15, -0.1) is 0 Å². The molecule has 0 amide bonds. The first-order valence-corrected chi connectivity index (χ1v) is 3.53. The molecule has 0 aromatic heterocycles. The Morgan fingerprint density at radius 1 is 1.60 bits per heavy atom. The summed E-state index contributed by atoms with van der Waals surface area (Å²) in [6.45, 7) is 5.54. The molecule has 0 bridgehead atoms. The van der Waals surface area contributed by atoms with E-state index in [9.17, 15) is 0 Å². The van der Waals surface area contributed by atoms with Crippen LogP contribution in [0, 0.1) is 0 Å². The molecule has 10 heavy (non-hydrogen) atoms. The van der Waals surface area contributed by atoms with Crippen molar-refractivity contribution in [2.75, 3.05) is 13.6 Å². The molecule has 1 aliphatic rings. The smallest absolute Gasteiger partial charge is 0.164 e. The summed E-state index contributed by atoms with van der Waals surface area (Å²) >= 11 is 0. The molecular formula is C7H15IN2. The maximum absolute atomic E-state index is 2.33. The summed E-state index contributed by atoms with van der Waals surface area (Å²) in [5, 5.41) is 0. The van der Waals surface area contributed by atoms with Crippen LogP contribution in [-0.2, 0) is 0 Å². The molecule has 0 fully saturated rings. The lowest BCUT2D eigenvalue weighted by Gasteiger charge is -2.20. The lowest BCUT2D eigenvalue weighted by molar-refractivity contribution is -0.854. The first-order chi connectivity index (χ1) is 4.25. The van der Waals surface area contributed by atoms with Crippen LogP contribution in [-0.4, -0.2) is 24.7 Å². The van der Waals surface area contributed by atoms with Crippen LogP contribution in [0.2, 0.25) is 0 Å². The second-order valence-electron chi connectivity index (χ2n) is 2.57. The van der Waals surface area contributed by atoms with Crippen molar-refractivity contribution in [3.05, 3.63) is 12.4 Å². The number of rotatable bonds is 1. The molecule has 1 N–H and O–H groups in total. The van der Waals surface area contributed by atoms with Crippen molar-refractivity contribution in [1.29, 1.82) is 0 Å². The van der Waals surface area contributed by atoms with E-state index in [1.807, 2.05) is 0 Å². The Labute approximate surface area is 79.9 Å². The highest BCUT2D eigenvalue weighted by molar-refractivity contribution is 4.80. The van der Waals surface area contributed by atoms with Gasteiger partial charge in [-0.2, -0.15) is 0 Å². The van der Waals surface area contributed by atoms with Crippen molar-refractivity contribution in [3.8, 4) is 0 Å². The molecular weight excluding hydrogens is 239 g/mol. The predicted octanol–water partition coefficient (Wildman–Crippen LogP) is -3.34. The van der Waals surface area contributed by atoms with Crippen LogP contribution < -0.4 is 28.9 Å². The minimum atomic E-state index is 0. The van der Waals surface area contributed by atoms with Gasteiger partial charge in [0.1, 0.15) is 6.20 Å². The molecule has 0 saturated carbocycles. The molecule has 0 saturated heterocycles. The number of quaternary nitrogens is 1. The van der Waals surface area contributed by atoms with Crippen LogP contribution in [0.4, 0.5) is 0 Å². The summed E-state index contributed by atoms with van der Waals surface area (Å²) in [4.78, 5) is 3.80. The van der Waals surface area contributed by atoms with Gasteiger partial charge in [0.15, 0.2) is 6.17 Å². The largest absolute Gasteiger partial charge is 1.00 e. The van der Waals surface area contributed by atoms with Crippen LogP contribution >= 0.6 is 0 Å². The maximum atomic E-state index is 2.33. The molecule has 0 spiro atoms. The lowest BCUT2D eigenvalue weighted by Crippen LogP contribution is -3.07. The molecule has 0 aliphatic carbocycles. The van der Waals surface area contributed by atoms with E-state index in [0.717, 1.165) is 6.54 Å². The van der Waals surface area contributed by atoms with Crippen LogP contribution in [0.15, 0.2) is 12.4 Å². The van der Waals surface area contributed by atoms with E-state index in [2.05, 4.69) is 38.2 Å². The highest BCUT2D eigenvalue weighted by atomic mass is 127. The van der Waals surface area contributed by atoms with E-state index in [1.165, 1.54) is 4.90 Å². The maximum Gasteiger partial charge on any atom is 0.164 e. The summed E-state index contributed by atoms with van der Waals surface area (Å²) in [5.41, 5.74) is 0. The quantitative estimate of drug-likeness (QED) is 0.481. The van der Waals surface area contributed by atoms with Gasteiger partial charge < -0.3 is 28.9 Å². The van der Waals surface area contributed by atoms with Gasteiger partial charge in [-0.05, 0) is 6.92 Å². The van der Waals surface area contributed by atoms with Gasteiger partial charge in [0.05, 0.1) is 13.2 Å². The molecule has 3 heteroatoms. The fraction of sp³-hybridized carbons (Fsp3) is 0.714. The van der Waals surface area contributed by atoms with E-state index >= 15 is 0 Å². The zero-order chi connectivity index (χ0) is 6.85. The second-order valence-corrected chi connectivity index (χ2v) is 2.57. The molecule has 1 rings (SSSR count). The minimum absolute atomic E-state index is 0. The van der Waals surface area contributed by atoms with Crippen molar-refractivity contribution in [2.45, 2.75) is 20.0 Å². The van der Waals surface area contributed by atoms with Crippen molar-refractivity contribution in [1.82, 2.24) is 4.90 Å². The van der Waals surface area contributed by atoms with Gasteiger partial charge in [0, 0.05) is 13.5 Å². The SMILES string of the molecule is CCN1C=C[NH+](C)C1C.[I-]. The van der Waals surface area contributed by atoms with Gasteiger partial charge in [-0.1, -0.05) is 0 Å². The predicted molar refractivity (Wildman–Crippen MR) is 37.9 cm³/mol. The minimum Gasteiger partial charge on any atom is -1.00 e. The van der Waals surface area contributed by atoms with E-state index in [1.54, 1.807) is 0 Å². The Hall–Kier alpha value is 0.230. The van der Waals surface area contributed by atoms with Crippen LogP contribution in [0.1, 0.15) is 13.8 Å². The Balaban J connectivity index is 0.000000810. The zero-order valence-corrected chi connectivity index (χ0v) is 8.92. The molecule has 1 aliphatic heterocycles. The third-order valence-corrected chi connectivity index (χ3v) is 2.05. The standard InChI is InChI=1S/C7H14N2.HI/c1-4-9-6-5-8(3)7(9)2;/h5-7H,4H2,1-3H3;1H. The first-order valence-electron chi connectivity index (χ1n) is 3.53. The summed E-state index contributed by atoms with van der Waals surface area (Å²) < 4.78 is 0. The van der Waals surface area contributed by atoms with Gasteiger partial charge in [-0.25, -0.2) is 0 Å². The molecule has 0 aromatic carbocycles. The lowest BCUT2D eigenvalue weighted by atomic mass is 10.5. The Morgan fingerprint density at radius 3 is 2.40 bits per heavy atom. The van der Waals surface area contributed by atoms with Crippen molar-refractivity contribution < 1.29 is 28.9 Å². The molecule has 0 radical (unpaired) electrons. The van der Waals surface area contributed by atoms with Gasteiger partial charge in [0.2, 0.25) is 0 Å². The van der Waals surface area contributed by atoms with E-state index in [4.69, 9.17) is 0 Å². The summed E-state index contributed by atoms with van der Waals surface area (Å²) in [6.07, 6.45) is 4.99. The normalized spacial score (nSPS) is 30.5. The summed E-state index contributed by atoms with van der Waals surface area (Å²) in [6, 6.07) is 0. The molecule has 2 nitrogen and oxygen atoms in total. The average molecular weight is 254 g/mol. The third-order valence-electron chi connectivity index (χ3n) is 2.05. The number of nitrogens with zero attached hydrogens (tertiary/aromatic N) is 1. The summed E-state index contributed by atoms with van der Waals surface area (Å²) in [5.74, 6) is 0. The topological polar surface area (TPSA) is 7.68 Å². The van der Waals surface area contributed by atoms with E-state index in [-0.39, 0.29) is 24.0 Å². The van der Waals surface area contributed by atoms with Crippen molar-refractivity contribution in [2.24, 2.45) is 0 Å². The molecule has 0 aromatic rings.